The highest BCUT2D eigenvalue weighted by Gasteiger charge is 2.09. The zero-order chi connectivity index (χ0) is 13.0. The first-order chi connectivity index (χ1) is 8.70. The van der Waals surface area contributed by atoms with E-state index in [1.165, 1.54) is 4.88 Å². The van der Waals surface area contributed by atoms with Gasteiger partial charge in [0.15, 0.2) is 0 Å². The van der Waals surface area contributed by atoms with Crippen LogP contribution in [0.4, 0.5) is 5.95 Å². The minimum atomic E-state index is 0.273. The molecule has 18 heavy (non-hydrogen) atoms. The molecular weight excluding hydrogens is 314 g/mol. The van der Waals surface area contributed by atoms with Gasteiger partial charge in [0.05, 0.1) is 23.0 Å². The van der Waals surface area contributed by atoms with Gasteiger partial charge in [-0.05, 0) is 35.0 Å². The Bertz CT molecular complexity index is 497. The summed E-state index contributed by atoms with van der Waals surface area (Å²) in [5.41, 5.74) is 0. The van der Waals surface area contributed by atoms with Gasteiger partial charge in [-0.25, -0.2) is 4.98 Å². The summed E-state index contributed by atoms with van der Waals surface area (Å²) in [7, 11) is 1.71. The third-order valence-electron chi connectivity index (χ3n) is 2.60. The molecule has 0 aliphatic rings. The average molecular weight is 330 g/mol. The van der Waals surface area contributed by atoms with Gasteiger partial charge in [0, 0.05) is 24.4 Å². The Labute approximate surface area is 119 Å². The van der Waals surface area contributed by atoms with E-state index in [0.29, 0.717) is 6.61 Å². The van der Waals surface area contributed by atoms with Crippen molar-refractivity contribution in [2.75, 3.05) is 19.0 Å². The number of anilines is 1. The normalized spacial score (nSPS) is 12.6. The second-order valence-electron chi connectivity index (χ2n) is 4.02. The summed E-state index contributed by atoms with van der Waals surface area (Å²) in [6.45, 7) is 3.57. The lowest BCUT2D eigenvalue weighted by Crippen LogP contribution is -2.14. The maximum Gasteiger partial charge on any atom is 0.203 e. The zero-order valence-corrected chi connectivity index (χ0v) is 12.8. The molecule has 1 N–H and O–H groups in total. The van der Waals surface area contributed by atoms with Crippen LogP contribution in [0.3, 0.4) is 0 Å². The summed E-state index contributed by atoms with van der Waals surface area (Å²) in [6, 6.07) is 4.44. The maximum atomic E-state index is 5.17. The van der Waals surface area contributed by atoms with Crippen LogP contribution in [0.1, 0.15) is 17.8 Å². The lowest BCUT2D eigenvalue weighted by atomic mass is 10.3. The predicted molar refractivity (Wildman–Crippen MR) is 78.2 cm³/mol. The number of methoxy groups -OCH3 is 1. The maximum absolute atomic E-state index is 5.17. The molecule has 1 atom stereocenters. The molecule has 6 heteroatoms. The van der Waals surface area contributed by atoms with Crippen LogP contribution in [0.5, 0.6) is 0 Å². The van der Waals surface area contributed by atoms with Crippen LogP contribution in [0, 0.1) is 0 Å². The highest BCUT2D eigenvalue weighted by molar-refractivity contribution is 9.11. The predicted octanol–water partition coefficient (Wildman–Crippen LogP) is 3.53. The second-order valence-corrected chi connectivity index (χ2v) is 6.57. The molecule has 98 valence electrons. The van der Waals surface area contributed by atoms with Crippen LogP contribution in [0.25, 0.3) is 0 Å². The molecule has 0 bridgehead atoms. The summed E-state index contributed by atoms with van der Waals surface area (Å²) in [5, 5.41) is 3.35. The molecule has 0 fully saturated rings. The topological polar surface area (TPSA) is 39.1 Å². The fourth-order valence-corrected chi connectivity index (χ4v) is 3.16. The van der Waals surface area contributed by atoms with Crippen LogP contribution in [0.15, 0.2) is 28.3 Å². The fourth-order valence-electron chi connectivity index (χ4n) is 1.74. The van der Waals surface area contributed by atoms with Crippen LogP contribution in [-0.4, -0.2) is 23.3 Å². The molecule has 0 aliphatic carbocycles. The first-order valence-corrected chi connectivity index (χ1v) is 7.31. The monoisotopic (exact) mass is 329 g/mol. The number of hydrogen-bond acceptors (Lipinski definition) is 4. The van der Waals surface area contributed by atoms with Crippen molar-refractivity contribution < 1.29 is 4.74 Å². The molecular formula is C12H16BrN3OS. The van der Waals surface area contributed by atoms with Crippen molar-refractivity contribution in [1.29, 1.82) is 0 Å². The van der Waals surface area contributed by atoms with Gasteiger partial charge in [0.25, 0.3) is 0 Å². The van der Waals surface area contributed by atoms with Crippen molar-refractivity contribution in [3.63, 3.8) is 0 Å². The van der Waals surface area contributed by atoms with Crippen molar-refractivity contribution in [1.82, 2.24) is 9.55 Å². The van der Waals surface area contributed by atoms with Crippen molar-refractivity contribution >= 4 is 33.2 Å². The number of imidazole rings is 1. The highest BCUT2D eigenvalue weighted by atomic mass is 79.9. The SMILES string of the molecule is COCC(C)n1ccnc1NCc1ccc(Br)s1. The third kappa shape index (κ3) is 3.34. The third-order valence-corrected chi connectivity index (χ3v) is 4.22. The van der Waals surface area contributed by atoms with Crippen LogP contribution in [0.2, 0.25) is 0 Å². The molecule has 2 heterocycles. The van der Waals surface area contributed by atoms with E-state index in [4.69, 9.17) is 4.74 Å². The molecule has 0 amide bonds. The Morgan fingerprint density at radius 3 is 3.06 bits per heavy atom. The summed E-state index contributed by atoms with van der Waals surface area (Å²) < 4.78 is 8.41. The van der Waals surface area contributed by atoms with Crippen molar-refractivity contribution in [2.24, 2.45) is 0 Å². The van der Waals surface area contributed by atoms with E-state index >= 15 is 0 Å². The Morgan fingerprint density at radius 2 is 2.39 bits per heavy atom. The zero-order valence-electron chi connectivity index (χ0n) is 10.4. The lowest BCUT2D eigenvalue weighted by molar-refractivity contribution is 0.163. The smallest absolute Gasteiger partial charge is 0.203 e. The first kappa shape index (κ1) is 13.6. The van der Waals surface area contributed by atoms with E-state index in [-0.39, 0.29) is 6.04 Å². The summed E-state index contributed by atoms with van der Waals surface area (Å²) in [6.07, 6.45) is 3.77. The Kier molecular flexibility index (Phi) is 4.79. The molecule has 0 radical (unpaired) electrons. The fraction of sp³-hybridized carbons (Fsp3) is 0.417. The number of ether oxygens (including phenoxy) is 1. The van der Waals surface area contributed by atoms with Gasteiger partial charge in [-0.1, -0.05) is 0 Å². The van der Waals surface area contributed by atoms with Crippen LogP contribution < -0.4 is 5.32 Å². The summed E-state index contributed by atoms with van der Waals surface area (Å²) >= 11 is 5.19. The van der Waals surface area contributed by atoms with E-state index in [1.807, 2.05) is 6.20 Å². The van der Waals surface area contributed by atoms with Crippen molar-refractivity contribution in [3.8, 4) is 0 Å². The molecule has 4 nitrogen and oxygen atoms in total. The standard InChI is InChI=1S/C12H16BrN3OS/c1-9(8-17-2)16-6-5-14-12(16)15-7-10-3-4-11(13)18-10/h3-6,9H,7-8H2,1-2H3,(H,14,15). The quantitative estimate of drug-likeness (QED) is 0.881. The van der Waals surface area contributed by atoms with Crippen molar-refractivity contribution in [2.45, 2.75) is 19.5 Å². The molecule has 1 unspecified atom stereocenters. The second kappa shape index (κ2) is 6.36. The minimum Gasteiger partial charge on any atom is -0.383 e. The van der Waals surface area contributed by atoms with Gasteiger partial charge in [-0.2, -0.15) is 0 Å². The number of nitrogens with zero attached hydrogens (tertiary/aromatic N) is 2. The summed E-state index contributed by atoms with van der Waals surface area (Å²) in [5.74, 6) is 0.879. The van der Waals surface area contributed by atoms with E-state index < -0.39 is 0 Å². The molecule has 2 aromatic heterocycles. The molecule has 0 spiro atoms. The molecule has 0 aromatic carbocycles. The summed E-state index contributed by atoms with van der Waals surface area (Å²) in [4.78, 5) is 5.60. The van der Waals surface area contributed by atoms with Gasteiger partial charge in [-0.3, -0.25) is 0 Å². The number of aromatic nitrogens is 2. The van der Waals surface area contributed by atoms with Gasteiger partial charge in [0.2, 0.25) is 5.95 Å². The number of hydrogen-bond donors (Lipinski definition) is 1. The Hall–Kier alpha value is -0.850. The van der Waals surface area contributed by atoms with E-state index in [1.54, 1.807) is 24.6 Å². The number of thiophene rings is 1. The van der Waals surface area contributed by atoms with Gasteiger partial charge in [-0.15, -0.1) is 11.3 Å². The number of nitrogens with one attached hydrogen (secondary N) is 1. The molecule has 2 aromatic rings. The van der Waals surface area contributed by atoms with E-state index in [0.717, 1.165) is 16.3 Å². The Balaban J connectivity index is 1.99. The minimum absolute atomic E-state index is 0.273. The molecule has 0 saturated heterocycles. The number of halogens is 1. The van der Waals surface area contributed by atoms with E-state index in [9.17, 15) is 0 Å². The van der Waals surface area contributed by atoms with Crippen molar-refractivity contribution in [3.05, 3.63) is 33.2 Å². The molecule has 0 aliphatic heterocycles. The van der Waals surface area contributed by atoms with Crippen LogP contribution in [-0.2, 0) is 11.3 Å². The number of rotatable bonds is 6. The first-order valence-electron chi connectivity index (χ1n) is 5.70. The van der Waals surface area contributed by atoms with Gasteiger partial charge < -0.3 is 14.6 Å². The largest absolute Gasteiger partial charge is 0.383 e. The Morgan fingerprint density at radius 1 is 1.56 bits per heavy atom. The highest BCUT2D eigenvalue weighted by Crippen LogP contribution is 2.23. The van der Waals surface area contributed by atoms with Crippen LogP contribution >= 0.6 is 27.3 Å². The lowest BCUT2D eigenvalue weighted by Gasteiger charge is -2.15. The average Bonchev–Trinajstić information content (AvgIpc) is 2.95. The van der Waals surface area contributed by atoms with E-state index in [2.05, 4.69) is 49.9 Å². The van der Waals surface area contributed by atoms with Gasteiger partial charge in [0.1, 0.15) is 0 Å². The van der Waals surface area contributed by atoms with Gasteiger partial charge >= 0.3 is 0 Å². The molecule has 2 rings (SSSR count). The molecule has 0 saturated carbocycles.